The minimum atomic E-state index is -0.574. The summed E-state index contributed by atoms with van der Waals surface area (Å²) in [6.07, 6.45) is 5.02. The highest BCUT2D eigenvalue weighted by molar-refractivity contribution is 5.97. The van der Waals surface area contributed by atoms with E-state index in [0.29, 0.717) is 0 Å². The lowest BCUT2D eigenvalue weighted by Crippen LogP contribution is -2.61. The van der Waals surface area contributed by atoms with Crippen LogP contribution in [0.5, 0.6) is 0 Å². The van der Waals surface area contributed by atoms with E-state index in [1.165, 1.54) is 18.4 Å². The van der Waals surface area contributed by atoms with Gasteiger partial charge in [-0.1, -0.05) is 19.3 Å². The minimum absolute atomic E-state index is 0.108. The molecule has 1 atom stereocenters. The Morgan fingerprint density at radius 3 is 2.40 bits per heavy atom. The van der Waals surface area contributed by atoms with Crippen molar-refractivity contribution in [1.82, 2.24) is 20.4 Å². The summed E-state index contributed by atoms with van der Waals surface area (Å²) in [5.74, 6) is -0.281. The minimum Gasteiger partial charge on any atom is -0.335 e. The number of nitrogens with zero attached hydrogens (tertiary/aromatic N) is 2. The molecule has 5 amide bonds. The van der Waals surface area contributed by atoms with E-state index in [1.54, 1.807) is 7.05 Å². The maximum Gasteiger partial charge on any atom is 0.327 e. The average Bonchev–Trinajstić information content (AvgIpc) is 2.43. The lowest BCUT2D eigenvalue weighted by atomic mass is 9.96. The van der Waals surface area contributed by atoms with Crippen molar-refractivity contribution in [2.24, 2.45) is 0 Å². The van der Waals surface area contributed by atoms with Crippen LogP contribution in [-0.2, 0) is 4.79 Å². The molecule has 0 bridgehead atoms. The highest BCUT2D eigenvalue weighted by Gasteiger charge is 2.35. The van der Waals surface area contributed by atoms with E-state index in [9.17, 15) is 14.4 Å². The molecule has 1 aliphatic heterocycles. The van der Waals surface area contributed by atoms with Crippen molar-refractivity contribution in [3.63, 3.8) is 0 Å². The molecule has 0 aromatic rings. The van der Waals surface area contributed by atoms with Crippen LogP contribution in [0.25, 0.3) is 0 Å². The van der Waals surface area contributed by atoms with Crippen molar-refractivity contribution in [2.75, 3.05) is 14.1 Å². The summed E-state index contributed by atoms with van der Waals surface area (Å²) >= 11 is 0. The van der Waals surface area contributed by atoms with Gasteiger partial charge < -0.3 is 15.5 Å². The molecule has 7 heteroatoms. The van der Waals surface area contributed by atoms with Crippen molar-refractivity contribution in [2.45, 2.75) is 50.7 Å². The molecule has 1 heterocycles. The number of amides is 5. The molecule has 0 aromatic carbocycles. The van der Waals surface area contributed by atoms with Gasteiger partial charge in [0, 0.05) is 20.1 Å². The van der Waals surface area contributed by atoms with Crippen LogP contribution < -0.4 is 10.6 Å². The van der Waals surface area contributed by atoms with Gasteiger partial charge in [0.1, 0.15) is 6.17 Å². The van der Waals surface area contributed by atoms with E-state index < -0.39 is 12.2 Å². The normalized spacial score (nSPS) is 24.8. The van der Waals surface area contributed by atoms with Crippen LogP contribution in [0.15, 0.2) is 0 Å². The lowest BCUT2D eigenvalue weighted by Gasteiger charge is -2.36. The molecule has 1 aliphatic carbocycles. The Kier molecular flexibility index (Phi) is 4.46. The molecule has 112 valence electrons. The molecule has 2 N–H and O–H groups in total. The zero-order valence-electron chi connectivity index (χ0n) is 12.0. The SMILES string of the molecule is CN1C(=O)CC(NC(=O)NC2CCCCC2)N(C)C1=O. The smallest absolute Gasteiger partial charge is 0.327 e. The maximum atomic E-state index is 11.9. The third kappa shape index (κ3) is 3.20. The Hall–Kier alpha value is -1.79. The summed E-state index contributed by atoms with van der Waals surface area (Å²) in [5.41, 5.74) is 0. The highest BCUT2D eigenvalue weighted by Crippen LogP contribution is 2.17. The van der Waals surface area contributed by atoms with Gasteiger partial charge >= 0.3 is 12.1 Å². The van der Waals surface area contributed by atoms with Crippen molar-refractivity contribution in [3.05, 3.63) is 0 Å². The fourth-order valence-corrected chi connectivity index (χ4v) is 2.69. The molecule has 1 unspecified atom stereocenters. The number of urea groups is 2. The van der Waals surface area contributed by atoms with Crippen LogP contribution in [0.3, 0.4) is 0 Å². The predicted molar refractivity (Wildman–Crippen MR) is 72.9 cm³/mol. The molecule has 0 radical (unpaired) electrons. The molecule has 0 aromatic heterocycles. The van der Waals surface area contributed by atoms with Crippen LogP contribution in [-0.4, -0.2) is 54.1 Å². The molecule has 2 rings (SSSR count). The van der Waals surface area contributed by atoms with Gasteiger partial charge in [0.25, 0.3) is 0 Å². The Labute approximate surface area is 118 Å². The summed E-state index contributed by atoms with van der Waals surface area (Å²) < 4.78 is 0. The molecule has 7 nitrogen and oxygen atoms in total. The Morgan fingerprint density at radius 2 is 1.75 bits per heavy atom. The number of hydrogen-bond acceptors (Lipinski definition) is 3. The number of imide groups is 1. The first-order valence-corrected chi connectivity index (χ1v) is 7.09. The van der Waals surface area contributed by atoms with Gasteiger partial charge in [-0.25, -0.2) is 9.59 Å². The summed E-state index contributed by atoms with van der Waals surface area (Å²) in [6.45, 7) is 0. The van der Waals surface area contributed by atoms with Crippen molar-refractivity contribution in [3.8, 4) is 0 Å². The topological polar surface area (TPSA) is 81.8 Å². The Morgan fingerprint density at radius 1 is 1.10 bits per heavy atom. The largest absolute Gasteiger partial charge is 0.335 e. The van der Waals surface area contributed by atoms with Crippen molar-refractivity contribution >= 4 is 18.0 Å². The zero-order chi connectivity index (χ0) is 14.7. The van der Waals surface area contributed by atoms with Gasteiger partial charge in [0.2, 0.25) is 5.91 Å². The molecule has 2 aliphatic rings. The van der Waals surface area contributed by atoms with Gasteiger partial charge in [0.15, 0.2) is 0 Å². The second-order valence-corrected chi connectivity index (χ2v) is 5.52. The second-order valence-electron chi connectivity index (χ2n) is 5.52. The van der Waals surface area contributed by atoms with E-state index in [-0.39, 0.29) is 24.4 Å². The molecule has 1 saturated carbocycles. The standard InChI is InChI=1S/C13H22N4O3/c1-16-10(8-11(18)17(2)13(16)20)15-12(19)14-9-6-4-3-5-7-9/h9-10H,3-8H2,1-2H3,(H2,14,15,19). The van der Waals surface area contributed by atoms with Crippen molar-refractivity contribution in [1.29, 1.82) is 0 Å². The van der Waals surface area contributed by atoms with E-state index in [4.69, 9.17) is 0 Å². The Bertz CT molecular complexity index is 406. The van der Waals surface area contributed by atoms with E-state index in [2.05, 4.69) is 10.6 Å². The first-order valence-electron chi connectivity index (χ1n) is 7.09. The average molecular weight is 282 g/mol. The number of carbonyl (C=O) groups is 3. The summed E-state index contributed by atoms with van der Waals surface area (Å²) in [6, 6.07) is -0.505. The molecule has 2 fully saturated rings. The number of hydrogen-bond donors (Lipinski definition) is 2. The zero-order valence-corrected chi connectivity index (χ0v) is 12.0. The van der Waals surface area contributed by atoms with Gasteiger partial charge in [-0.2, -0.15) is 0 Å². The van der Waals surface area contributed by atoms with Crippen LogP contribution in [0.2, 0.25) is 0 Å². The van der Waals surface area contributed by atoms with Gasteiger partial charge in [-0.3, -0.25) is 9.69 Å². The fraction of sp³-hybridized carbons (Fsp3) is 0.769. The van der Waals surface area contributed by atoms with Gasteiger partial charge in [-0.15, -0.1) is 0 Å². The van der Waals surface area contributed by atoms with Crippen LogP contribution in [0, 0.1) is 0 Å². The highest BCUT2D eigenvalue weighted by atomic mass is 16.2. The first-order chi connectivity index (χ1) is 9.49. The maximum absolute atomic E-state index is 11.9. The van der Waals surface area contributed by atoms with Crippen molar-refractivity contribution < 1.29 is 14.4 Å². The van der Waals surface area contributed by atoms with Gasteiger partial charge in [0.05, 0.1) is 6.42 Å². The molecule has 0 spiro atoms. The Balaban J connectivity index is 1.86. The molecular weight excluding hydrogens is 260 g/mol. The number of nitrogens with one attached hydrogen (secondary N) is 2. The monoisotopic (exact) mass is 282 g/mol. The predicted octanol–water partition coefficient (Wildman–Crippen LogP) is 0.858. The molecule has 20 heavy (non-hydrogen) atoms. The fourth-order valence-electron chi connectivity index (χ4n) is 2.69. The van der Waals surface area contributed by atoms with Crippen LogP contribution in [0.1, 0.15) is 38.5 Å². The number of rotatable bonds is 2. The van der Waals surface area contributed by atoms with E-state index in [0.717, 1.165) is 30.6 Å². The second kappa shape index (κ2) is 6.11. The summed E-state index contributed by atoms with van der Waals surface area (Å²) in [7, 11) is 3.02. The summed E-state index contributed by atoms with van der Waals surface area (Å²) in [5, 5.41) is 5.62. The third-order valence-corrected chi connectivity index (χ3v) is 4.04. The summed E-state index contributed by atoms with van der Waals surface area (Å²) in [4.78, 5) is 37.8. The van der Waals surface area contributed by atoms with E-state index >= 15 is 0 Å². The molecule has 1 saturated heterocycles. The van der Waals surface area contributed by atoms with Gasteiger partial charge in [-0.05, 0) is 12.8 Å². The van der Waals surface area contributed by atoms with Crippen LogP contribution >= 0.6 is 0 Å². The first kappa shape index (κ1) is 14.6. The quantitative estimate of drug-likeness (QED) is 0.788. The third-order valence-electron chi connectivity index (χ3n) is 4.04. The molecular formula is C13H22N4O3. The van der Waals surface area contributed by atoms with E-state index in [1.807, 2.05) is 0 Å². The van der Waals surface area contributed by atoms with Crippen LogP contribution in [0.4, 0.5) is 9.59 Å². The number of carbonyl (C=O) groups excluding carboxylic acids is 3. The lowest BCUT2D eigenvalue weighted by molar-refractivity contribution is -0.131.